The number of rotatable bonds is 4. The van der Waals surface area contributed by atoms with Gasteiger partial charge in [0.25, 0.3) is 0 Å². The van der Waals surface area contributed by atoms with Crippen molar-refractivity contribution in [3.05, 3.63) is 10.6 Å². The smallest absolute Gasteiger partial charge is 0.185 e. The monoisotopic (exact) mass is 307 g/mol. The fourth-order valence-electron chi connectivity index (χ4n) is 2.91. The number of hydrogen-bond acceptors (Lipinski definition) is 4. The fourth-order valence-corrected chi connectivity index (χ4v) is 4.02. The van der Waals surface area contributed by atoms with Crippen molar-refractivity contribution >= 4 is 16.5 Å². The van der Waals surface area contributed by atoms with Gasteiger partial charge in [-0.25, -0.2) is 4.98 Å². The van der Waals surface area contributed by atoms with E-state index < -0.39 is 0 Å². The maximum Gasteiger partial charge on any atom is 0.185 e. The Balaban J connectivity index is 1.77. The average molecular weight is 308 g/mol. The molecule has 0 bridgehead atoms. The van der Waals surface area contributed by atoms with Crippen LogP contribution in [0.2, 0.25) is 0 Å². The van der Waals surface area contributed by atoms with Gasteiger partial charge in [0.15, 0.2) is 5.13 Å². The molecule has 2 heterocycles. The summed E-state index contributed by atoms with van der Waals surface area (Å²) >= 11 is 1.92. The van der Waals surface area contributed by atoms with Gasteiger partial charge in [-0.3, -0.25) is 0 Å². The van der Waals surface area contributed by atoms with Crippen LogP contribution in [0.15, 0.2) is 0 Å². The van der Waals surface area contributed by atoms with Crippen LogP contribution < -0.4 is 10.2 Å². The maximum absolute atomic E-state index is 5.02. The first-order chi connectivity index (χ1) is 9.73. The average Bonchev–Trinajstić information content (AvgIpc) is 3.01. The molecule has 0 aromatic carbocycles. The molecule has 3 rings (SSSR count). The second-order valence-corrected chi connectivity index (χ2v) is 9.58. The lowest BCUT2D eigenvalue weighted by molar-refractivity contribution is 0.418. The highest BCUT2D eigenvalue weighted by Crippen LogP contribution is 2.45. The summed E-state index contributed by atoms with van der Waals surface area (Å²) in [5.74, 6) is 0.738. The summed E-state index contributed by atoms with van der Waals surface area (Å²) in [6.45, 7) is 14.7. The third kappa shape index (κ3) is 3.78. The minimum Gasteiger partial charge on any atom is -0.348 e. The maximum atomic E-state index is 5.02. The van der Waals surface area contributed by atoms with Gasteiger partial charge in [-0.15, -0.1) is 11.3 Å². The fraction of sp³-hybridized carbons (Fsp3) is 0.824. The van der Waals surface area contributed by atoms with Crippen LogP contribution in [-0.4, -0.2) is 23.6 Å². The van der Waals surface area contributed by atoms with E-state index >= 15 is 0 Å². The lowest BCUT2D eigenvalue weighted by Crippen LogP contribution is -2.35. The molecule has 0 unspecified atom stereocenters. The molecule has 1 saturated carbocycles. The molecule has 0 amide bonds. The van der Waals surface area contributed by atoms with Gasteiger partial charge in [-0.2, -0.15) is 0 Å². The summed E-state index contributed by atoms with van der Waals surface area (Å²) in [5, 5.41) is 4.89. The van der Waals surface area contributed by atoms with Crippen LogP contribution in [-0.2, 0) is 6.54 Å². The van der Waals surface area contributed by atoms with Gasteiger partial charge in [-0.1, -0.05) is 13.8 Å². The first kappa shape index (κ1) is 15.3. The van der Waals surface area contributed by atoms with Gasteiger partial charge in [0.2, 0.25) is 0 Å². The molecule has 1 aliphatic heterocycles. The number of hydrogen-bond donors (Lipinski definition) is 1. The molecule has 0 radical (unpaired) electrons. The van der Waals surface area contributed by atoms with Crippen molar-refractivity contribution in [2.24, 2.45) is 5.41 Å². The third-order valence-electron chi connectivity index (χ3n) is 4.41. The number of nitrogens with zero attached hydrogens (tertiary/aromatic N) is 2. The van der Waals surface area contributed by atoms with Gasteiger partial charge in [-0.05, 0) is 45.4 Å². The van der Waals surface area contributed by atoms with Gasteiger partial charge >= 0.3 is 0 Å². The van der Waals surface area contributed by atoms with Crippen molar-refractivity contribution in [1.29, 1.82) is 0 Å². The van der Waals surface area contributed by atoms with Crippen molar-refractivity contribution in [3.63, 3.8) is 0 Å². The highest BCUT2D eigenvalue weighted by Gasteiger charge is 2.34. The predicted octanol–water partition coefficient (Wildman–Crippen LogP) is 4.14. The van der Waals surface area contributed by atoms with Crippen molar-refractivity contribution in [2.45, 2.75) is 71.9 Å². The van der Waals surface area contributed by atoms with Crippen LogP contribution in [0.3, 0.4) is 0 Å². The molecule has 1 aromatic heterocycles. The molecule has 21 heavy (non-hydrogen) atoms. The zero-order valence-corrected chi connectivity index (χ0v) is 14.9. The number of anilines is 1. The molecule has 2 aliphatic rings. The van der Waals surface area contributed by atoms with Crippen molar-refractivity contribution < 1.29 is 0 Å². The Hall–Kier alpha value is -0.610. The molecule has 1 N–H and O–H groups in total. The van der Waals surface area contributed by atoms with E-state index in [0.717, 1.165) is 25.6 Å². The van der Waals surface area contributed by atoms with E-state index in [2.05, 4.69) is 44.8 Å². The Morgan fingerprint density at radius 3 is 2.57 bits per heavy atom. The molecule has 2 fully saturated rings. The van der Waals surface area contributed by atoms with E-state index in [4.69, 9.17) is 4.98 Å². The van der Waals surface area contributed by atoms with Crippen molar-refractivity contribution in [3.8, 4) is 0 Å². The Labute approximate surface area is 133 Å². The molecule has 1 aliphatic carbocycles. The van der Waals surface area contributed by atoms with Crippen LogP contribution in [0.4, 0.5) is 5.13 Å². The number of aromatic nitrogens is 1. The van der Waals surface area contributed by atoms with Gasteiger partial charge < -0.3 is 10.2 Å². The van der Waals surface area contributed by atoms with E-state index in [0.29, 0.717) is 5.41 Å². The number of thiazole rings is 1. The van der Waals surface area contributed by atoms with Crippen LogP contribution >= 0.6 is 11.3 Å². The lowest BCUT2D eigenvalue weighted by Gasteiger charge is -2.20. The van der Waals surface area contributed by atoms with Crippen LogP contribution in [0.5, 0.6) is 0 Å². The quantitative estimate of drug-likeness (QED) is 0.906. The van der Waals surface area contributed by atoms with Crippen LogP contribution in [0, 0.1) is 5.41 Å². The standard InChI is InChI=1S/C17H29N3S/c1-16(2,3)18-10-13-14(12-6-7-12)19-15(21-13)20-9-8-17(4,5)11-20/h12,18H,6-11H2,1-5H3. The molecular weight excluding hydrogens is 278 g/mol. The summed E-state index contributed by atoms with van der Waals surface area (Å²) in [6.07, 6.45) is 3.94. The molecule has 0 spiro atoms. The van der Waals surface area contributed by atoms with E-state index in [1.54, 1.807) is 0 Å². The van der Waals surface area contributed by atoms with Crippen molar-refractivity contribution in [2.75, 3.05) is 18.0 Å². The van der Waals surface area contributed by atoms with Gasteiger partial charge in [0.1, 0.15) is 0 Å². The summed E-state index contributed by atoms with van der Waals surface area (Å²) in [7, 11) is 0. The summed E-state index contributed by atoms with van der Waals surface area (Å²) in [6, 6.07) is 0. The highest BCUT2D eigenvalue weighted by molar-refractivity contribution is 7.15. The lowest BCUT2D eigenvalue weighted by atomic mass is 9.93. The molecule has 0 atom stereocenters. The minimum atomic E-state index is 0.167. The molecule has 1 aromatic rings. The zero-order valence-electron chi connectivity index (χ0n) is 14.1. The minimum absolute atomic E-state index is 0.167. The molecular formula is C17H29N3S. The molecule has 3 nitrogen and oxygen atoms in total. The Morgan fingerprint density at radius 1 is 1.33 bits per heavy atom. The van der Waals surface area contributed by atoms with E-state index in [-0.39, 0.29) is 5.54 Å². The highest BCUT2D eigenvalue weighted by atomic mass is 32.1. The summed E-state index contributed by atoms with van der Waals surface area (Å²) in [4.78, 5) is 8.99. The van der Waals surface area contributed by atoms with E-state index in [1.807, 2.05) is 11.3 Å². The summed E-state index contributed by atoms with van der Waals surface area (Å²) < 4.78 is 0. The second-order valence-electron chi connectivity index (χ2n) is 8.52. The largest absolute Gasteiger partial charge is 0.348 e. The first-order valence-corrected chi connectivity index (χ1v) is 9.05. The molecule has 118 valence electrons. The van der Waals surface area contributed by atoms with Gasteiger partial charge in [0, 0.05) is 36.0 Å². The predicted molar refractivity (Wildman–Crippen MR) is 91.3 cm³/mol. The Kier molecular flexibility index (Phi) is 3.81. The molecule has 4 heteroatoms. The van der Waals surface area contributed by atoms with Crippen molar-refractivity contribution in [1.82, 2.24) is 10.3 Å². The molecule has 1 saturated heterocycles. The second kappa shape index (κ2) is 5.24. The zero-order chi connectivity index (χ0) is 15.3. The normalized spacial score (nSPS) is 22.0. The topological polar surface area (TPSA) is 28.2 Å². The van der Waals surface area contributed by atoms with Crippen LogP contribution in [0.1, 0.15) is 70.4 Å². The van der Waals surface area contributed by atoms with E-state index in [1.165, 1.54) is 35.0 Å². The Morgan fingerprint density at radius 2 is 2.05 bits per heavy atom. The third-order valence-corrected chi connectivity index (χ3v) is 5.54. The Bertz CT molecular complexity index is 509. The first-order valence-electron chi connectivity index (χ1n) is 8.23. The SMILES string of the molecule is CC1(C)CCN(c2nc(C3CC3)c(CNC(C)(C)C)s2)C1. The number of nitrogens with one attached hydrogen (secondary N) is 1. The van der Waals surface area contributed by atoms with E-state index in [9.17, 15) is 0 Å². The van der Waals surface area contributed by atoms with Crippen LogP contribution in [0.25, 0.3) is 0 Å². The summed E-state index contributed by atoms with van der Waals surface area (Å²) in [5.41, 5.74) is 1.99. The van der Waals surface area contributed by atoms with Gasteiger partial charge in [0.05, 0.1) is 5.69 Å².